The molecule has 0 saturated heterocycles. The second-order valence-corrected chi connectivity index (χ2v) is 8.51. The zero-order chi connectivity index (χ0) is 23.9. The maximum atomic E-state index is 14.1. The number of benzene rings is 2. The predicted molar refractivity (Wildman–Crippen MR) is 111 cm³/mol. The predicted octanol–water partition coefficient (Wildman–Crippen LogP) is 5.22. The van der Waals surface area contributed by atoms with Crippen LogP contribution in [0.5, 0.6) is 5.75 Å². The van der Waals surface area contributed by atoms with Crippen LogP contribution < -0.4 is 4.74 Å². The summed E-state index contributed by atoms with van der Waals surface area (Å²) in [7, 11) is 1.33. The largest absolute Gasteiger partial charge is 0.496 e. The third-order valence-corrected chi connectivity index (χ3v) is 5.56. The average molecular weight is 453 g/mol. The molecule has 1 heterocycles. The molecule has 0 aliphatic heterocycles. The standard InChI is InChI=1S/C23H23F4NO4/c1-21(2,17-10-15(24)6-7-19(17)32-3)12-22(31,23(25,26)27)11-16-8-13-4-5-14(20(29)30)9-18(13)28-16/h4-10,28,31H,11-12H2,1-3H3,(H,29,30). The van der Waals surface area contributed by atoms with Crippen LogP contribution in [-0.4, -0.2) is 40.1 Å². The molecule has 1 atom stereocenters. The summed E-state index contributed by atoms with van der Waals surface area (Å²) in [6.07, 6.45) is -6.55. The summed E-state index contributed by atoms with van der Waals surface area (Å²) in [5.41, 5.74) is -3.84. The van der Waals surface area contributed by atoms with E-state index in [1.54, 1.807) is 0 Å². The van der Waals surface area contributed by atoms with Crippen LogP contribution in [0.2, 0.25) is 0 Å². The van der Waals surface area contributed by atoms with Gasteiger partial charge >= 0.3 is 12.1 Å². The number of rotatable bonds is 7. The number of methoxy groups -OCH3 is 1. The lowest BCUT2D eigenvalue weighted by molar-refractivity contribution is -0.266. The van der Waals surface area contributed by atoms with Crippen LogP contribution in [0, 0.1) is 5.82 Å². The molecule has 0 fully saturated rings. The zero-order valence-electron chi connectivity index (χ0n) is 17.7. The number of nitrogens with one attached hydrogen (secondary N) is 1. The Balaban J connectivity index is 1.99. The fourth-order valence-corrected chi connectivity index (χ4v) is 4.03. The van der Waals surface area contributed by atoms with E-state index in [4.69, 9.17) is 9.84 Å². The summed E-state index contributed by atoms with van der Waals surface area (Å²) in [6, 6.07) is 9.15. The van der Waals surface area contributed by atoms with Gasteiger partial charge in [-0.1, -0.05) is 19.9 Å². The molecule has 172 valence electrons. The number of aromatic nitrogens is 1. The molecule has 5 nitrogen and oxygen atoms in total. The molecule has 32 heavy (non-hydrogen) atoms. The molecule has 2 aromatic carbocycles. The van der Waals surface area contributed by atoms with E-state index in [2.05, 4.69) is 4.98 Å². The highest BCUT2D eigenvalue weighted by atomic mass is 19.4. The van der Waals surface area contributed by atoms with Crippen LogP contribution in [-0.2, 0) is 11.8 Å². The van der Waals surface area contributed by atoms with Crippen molar-refractivity contribution in [3.63, 3.8) is 0 Å². The first-order valence-corrected chi connectivity index (χ1v) is 9.74. The Bertz CT molecular complexity index is 1150. The van der Waals surface area contributed by atoms with Crippen molar-refractivity contribution in [3.8, 4) is 5.75 Å². The van der Waals surface area contributed by atoms with Gasteiger partial charge in [0.2, 0.25) is 0 Å². The van der Waals surface area contributed by atoms with Gasteiger partial charge in [0.15, 0.2) is 5.60 Å². The van der Waals surface area contributed by atoms with Crippen LogP contribution in [0.1, 0.15) is 41.9 Å². The van der Waals surface area contributed by atoms with Crippen molar-refractivity contribution in [1.29, 1.82) is 0 Å². The molecule has 3 rings (SSSR count). The maximum Gasteiger partial charge on any atom is 0.417 e. The normalized spacial score (nSPS) is 14.4. The Morgan fingerprint density at radius 2 is 1.78 bits per heavy atom. The number of carboxylic acid groups (broad SMARTS) is 1. The highest BCUT2D eigenvalue weighted by Crippen LogP contribution is 2.45. The van der Waals surface area contributed by atoms with E-state index in [-0.39, 0.29) is 22.6 Å². The van der Waals surface area contributed by atoms with Crippen LogP contribution in [0.15, 0.2) is 42.5 Å². The quantitative estimate of drug-likeness (QED) is 0.429. The lowest BCUT2D eigenvalue weighted by Crippen LogP contribution is -2.51. The van der Waals surface area contributed by atoms with Gasteiger partial charge in [0.1, 0.15) is 11.6 Å². The zero-order valence-corrected chi connectivity index (χ0v) is 17.7. The lowest BCUT2D eigenvalue weighted by atomic mass is 9.73. The van der Waals surface area contributed by atoms with Crippen LogP contribution >= 0.6 is 0 Å². The number of aromatic carboxylic acids is 1. The highest BCUT2D eigenvalue weighted by Gasteiger charge is 2.56. The molecule has 3 aromatic rings. The van der Waals surface area contributed by atoms with Crippen molar-refractivity contribution in [2.45, 2.75) is 43.9 Å². The number of carbonyl (C=O) groups is 1. The molecule has 0 amide bonds. The summed E-state index contributed by atoms with van der Waals surface area (Å²) < 4.78 is 61.3. The summed E-state index contributed by atoms with van der Waals surface area (Å²) in [5, 5.41) is 20.4. The smallest absolute Gasteiger partial charge is 0.417 e. The molecule has 0 spiro atoms. The van der Waals surface area contributed by atoms with Crippen molar-refractivity contribution in [2.75, 3.05) is 7.11 Å². The van der Waals surface area contributed by atoms with E-state index >= 15 is 0 Å². The van der Waals surface area contributed by atoms with Gasteiger partial charge in [0.25, 0.3) is 0 Å². The Kier molecular flexibility index (Phi) is 5.99. The molecular weight excluding hydrogens is 430 g/mol. The molecule has 9 heteroatoms. The molecule has 0 aliphatic carbocycles. The molecule has 0 radical (unpaired) electrons. The Labute approximate surface area is 181 Å². The van der Waals surface area contributed by atoms with Gasteiger partial charge in [-0.25, -0.2) is 9.18 Å². The third-order valence-electron chi connectivity index (χ3n) is 5.56. The number of hydrogen-bond donors (Lipinski definition) is 3. The number of halogens is 4. The lowest BCUT2D eigenvalue weighted by Gasteiger charge is -2.38. The van der Waals surface area contributed by atoms with Crippen LogP contribution in [0.3, 0.4) is 0 Å². The Morgan fingerprint density at radius 1 is 1.09 bits per heavy atom. The second-order valence-electron chi connectivity index (χ2n) is 8.51. The third kappa shape index (κ3) is 4.57. The van der Waals surface area contributed by atoms with Gasteiger partial charge in [-0.3, -0.25) is 0 Å². The number of hydrogen-bond acceptors (Lipinski definition) is 3. The van der Waals surface area contributed by atoms with Crippen molar-refractivity contribution in [2.24, 2.45) is 0 Å². The first-order valence-electron chi connectivity index (χ1n) is 9.74. The minimum absolute atomic E-state index is 0.0173. The summed E-state index contributed by atoms with van der Waals surface area (Å²) in [6.45, 7) is 2.96. The number of aliphatic hydroxyl groups is 1. The minimum Gasteiger partial charge on any atom is -0.496 e. The van der Waals surface area contributed by atoms with Gasteiger partial charge in [-0.15, -0.1) is 0 Å². The van der Waals surface area contributed by atoms with E-state index in [1.165, 1.54) is 51.3 Å². The van der Waals surface area contributed by atoms with E-state index in [9.17, 15) is 27.5 Å². The van der Waals surface area contributed by atoms with Crippen LogP contribution in [0.25, 0.3) is 10.9 Å². The highest BCUT2D eigenvalue weighted by molar-refractivity contribution is 5.93. The number of ether oxygens (including phenoxy) is 1. The summed E-state index contributed by atoms with van der Waals surface area (Å²) >= 11 is 0. The van der Waals surface area contributed by atoms with Gasteiger partial charge < -0.3 is 19.9 Å². The molecule has 1 unspecified atom stereocenters. The Hall–Kier alpha value is -3.07. The number of carboxylic acids is 1. The molecule has 1 aromatic heterocycles. The molecular formula is C23H23F4NO4. The van der Waals surface area contributed by atoms with Gasteiger partial charge in [-0.05, 0) is 53.6 Å². The summed E-state index contributed by atoms with van der Waals surface area (Å²) in [4.78, 5) is 13.9. The number of fused-ring (bicyclic) bond motifs is 1. The minimum atomic E-state index is -4.99. The maximum absolute atomic E-state index is 14.1. The van der Waals surface area contributed by atoms with Crippen molar-refractivity contribution in [3.05, 3.63) is 65.1 Å². The SMILES string of the molecule is COc1ccc(F)cc1C(C)(C)CC(O)(Cc1cc2ccc(C(=O)O)cc2[nH]1)C(F)(F)F. The topological polar surface area (TPSA) is 82.6 Å². The van der Waals surface area contributed by atoms with Crippen molar-refractivity contribution < 1.29 is 37.3 Å². The first-order chi connectivity index (χ1) is 14.8. The number of aromatic amines is 1. The van der Waals surface area contributed by atoms with Gasteiger partial charge in [-0.2, -0.15) is 13.2 Å². The molecule has 0 saturated carbocycles. The number of alkyl halides is 3. The van der Waals surface area contributed by atoms with E-state index < -0.39 is 41.8 Å². The number of H-pyrrole nitrogens is 1. The fraction of sp³-hybridized carbons (Fsp3) is 0.348. The summed E-state index contributed by atoms with van der Waals surface area (Å²) in [5.74, 6) is -1.58. The van der Waals surface area contributed by atoms with Crippen molar-refractivity contribution in [1.82, 2.24) is 4.98 Å². The van der Waals surface area contributed by atoms with Gasteiger partial charge in [0.05, 0.1) is 12.7 Å². The van der Waals surface area contributed by atoms with Crippen molar-refractivity contribution >= 4 is 16.9 Å². The van der Waals surface area contributed by atoms with Crippen LogP contribution in [0.4, 0.5) is 17.6 Å². The molecule has 0 bridgehead atoms. The molecule has 3 N–H and O–H groups in total. The van der Waals surface area contributed by atoms with E-state index in [1.807, 2.05) is 0 Å². The Morgan fingerprint density at radius 3 is 2.38 bits per heavy atom. The monoisotopic (exact) mass is 453 g/mol. The second kappa shape index (κ2) is 8.12. The van der Waals surface area contributed by atoms with E-state index in [0.29, 0.717) is 10.9 Å². The van der Waals surface area contributed by atoms with Gasteiger partial charge in [0, 0.05) is 23.2 Å². The fourth-order valence-electron chi connectivity index (χ4n) is 4.03. The average Bonchev–Trinajstić information content (AvgIpc) is 3.07. The first kappa shape index (κ1) is 23.6. The molecule has 0 aliphatic rings. The van der Waals surface area contributed by atoms with E-state index in [0.717, 1.165) is 12.1 Å².